The fraction of sp³-hybridized carbons (Fsp3) is 0.467. The zero-order valence-corrected chi connectivity index (χ0v) is 11.2. The number of rotatable bonds is 3. The Labute approximate surface area is 117 Å². The molecule has 1 saturated carbocycles. The molecule has 5 nitrogen and oxygen atoms in total. The molecule has 3 rings (SSSR count). The lowest BCUT2D eigenvalue weighted by molar-refractivity contribution is -0.147. The highest BCUT2D eigenvalue weighted by Gasteiger charge is 2.28. The van der Waals surface area contributed by atoms with Crippen molar-refractivity contribution in [2.24, 2.45) is 0 Å². The summed E-state index contributed by atoms with van der Waals surface area (Å²) in [6, 6.07) is 7.21. The SMILES string of the molecule is O=C(CN1C(=O)COc2ccccc21)OC1CCCC1. The molecule has 1 amide bonds. The number of amides is 1. The van der Waals surface area contributed by atoms with Gasteiger partial charge in [-0.3, -0.25) is 14.5 Å². The Kier molecular flexibility index (Phi) is 3.58. The molecule has 0 aromatic heterocycles. The van der Waals surface area contributed by atoms with Crippen LogP contribution in [0.3, 0.4) is 0 Å². The summed E-state index contributed by atoms with van der Waals surface area (Å²) in [6.45, 7) is -0.0799. The number of ether oxygens (including phenoxy) is 2. The predicted octanol–water partition coefficient (Wildman–Crippen LogP) is 1.90. The maximum atomic E-state index is 12.0. The van der Waals surface area contributed by atoms with E-state index in [1.807, 2.05) is 12.1 Å². The maximum absolute atomic E-state index is 12.0. The van der Waals surface area contributed by atoms with Gasteiger partial charge in [0.25, 0.3) is 5.91 Å². The van der Waals surface area contributed by atoms with Crippen LogP contribution in [0.5, 0.6) is 5.75 Å². The van der Waals surface area contributed by atoms with Gasteiger partial charge >= 0.3 is 5.97 Å². The zero-order chi connectivity index (χ0) is 13.9. The van der Waals surface area contributed by atoms with E-state index in [-0.39, 0.29) is 31.1 Å². The summed E-state index contributed by atoms with van der Waals surface area (Å²) in [5, 5.41) is 0. The van der Waals surface area contributed by atoms with E-state index in [2.05, 4.69) is 0 Å². The summed E-state index contributed by atoms with van der Waals surface area (Å²) in [5.74, 6) is 0.0646. The number of benzene rings is 1. The van der Waals surface area contributed by atoms with E-state index in [0.29, 0.717) is 11.4 Å². The molecule has 1 aromatic rings. The smallest absolute Gasteiger partial charge is 0.326 e. The average molecular weight is 275 g/mol. The van der Waals surface area contributed by atoms with Crippen molar-refractivity contribution in [1.29, 1.82) is 0 Å². The highest BCUT2D eigenvalue weighted by Crippen LogP contribution is 2.31. The van der Waals surface area contributed by atoms with Crippen molar-refractivity contribution in [2.75, 3.05) is 18.1 Å². The molecule has 5 heteroatoms. The minimum absolute atomic E-state index is 0.0221. The molecule has 0 spiro atoms. The zero-order valence-electron chi connectivity index (χ0n) is 11.2. The van der Waals surface area contributed by atoms with Crippen LogP contribution in [0, 0.1) is 0 Å². The maximum Gasteiger partial charge on any atom is 0.326 e. The summed E-state index contributed by atoms with van der Waals surface area (Å²) >= 11 is 0. The molecule has 0 bridgehead atoms. The number of carbonyl (C=O) groups is 2. The molecule has 1 heterocycles. The predicted molar refractivity (Wildman–Crippen MR) is 72.6 cm³/mol. The van der Waals surface area contributed by atoms with Crippen molar-refractivity contribution in [2.45, 2.75) is 31.8 Å². The van der Waals surface area contributed by atoms with Gasteiger partial charge in [-0.05, 0) is 37.8 Å². The Morgan fingerprint density at radius 1 is 1.30 bits per heavy atom. The van der Waals surface area contributed by atoms with Gasteiger partial charge in [-0.25, -0.2) is 0 Å². The third kappa shape index (κ3) is 2.61. The highest BCUT2D eigenvalue weighted by molar-refractivity contribution is 6.01. The molecule has 0 saturated heterocycles. The van der Waals surface area contributed by atoms with E-state index < -0.39 is 0 Å². The first-order valence-corrected chi connectivity index (χ1v) is 6.96. The van der Waals surface area contributed by atoms with Gasteiger partial charge in [0.15, 0.2) is 6.61 Å². The molecule has 0 N–H and O–H groups in total. The van der Waals surface area contributed by atoms with Crippen molar-refractivity contribution in [1.82, 2.24) is 0 Å². The Morgan fingerprint density at radius 3 is 2.85 bits per heavy atom. The second-order valence-electron chi connectivity index (χ2n) is 5.13. The normalized spacial score (nSPS) is 18.6. The summed E-state index contributed by atoms with van der Waals surface area (Å²) < 4.78 is 10.7. The molecule has 0 atom stereocenters. The number of esters is 1. The van der Waals surface area contributed by atoms with Crippen molar-refractivity contribution in [3.63, 3.8) is 0 Å². The molecule has 1 aliphatic heterocycles. The monoisotopic (exact) mass is 275 g/mol. The molecule has 1 aliphatic carbocycles. The van der Waals surface area contributed by atoms with Crippen LogP contribution in [-0.2, 0) is 14.3 Å². The van der Waals surface area contributed by atoms with Gasteiger partial charge < -0.3 is 9.47 Å². The molecule has 1 aromatic carbocycles. The van der Waals surface area contributed by atoms with Crippen molar-refractivity contribution in [3.8, 4) is 5.75 Å². The lowest BCUT2D eigenvalue weighted by atomic mass is 10.2. The largest absolute Gasteiger partial charge is 0.482 e. The number of hydrogen-bond acceptors (Lipinski definition) is 4. The number of fused-ring (bicyclic) bond motifs is 1. The number of nitrogens with zero attached hydrogens (tertiary/aromatic N) is 1. The fourth-order valence-corrected chi connectivity index (χ4v) is 2.69. The Bertz CT molecular complexity index is 522. The van der Waals surface area contributed by atoms with Crippen LogP contribution in [0.4, 0.5) is 5.69 Å². The van der Waals surface area contributed by atoms with E-state index in [1.165, 1.54) is 4.90 Å². The van der Waals surface area contributed by atoms with Gasteiger partial charge in [0.1, 0.15) is 18.4 Å². The van der Waals surface area contributed by atoms with Gasteiger partial charge in [0, 0.05) is 0 Å². The second-order valence-corrected chi connectivity index (χ2v) is 5.13. The molecular formula is C15H17NO4. The molecule has 20 heavy (non-hydrogen) atoms. The fourth-order valence-electron chi connectivity index (χ4n) is 2.69. The number of para-hydroxylation sites is 2. The Balaban J connectivity index is 1.69. The second kappa shape index (κ2) is 5.53. The minimum atomic E-state index is -0.345. The van der Waals surface area contributed by atoms with Crippen molar-refractivity contribution >= 4 is 17.6 Å². The molecule has 0 radical (unpaired) electrons. The van der Waals surface area contributed by atoms with Gasteiger partial charge in [-0.1, -0.05) is 12.1 Å². The van der Waals surface area contributed by atoms with Crippen LogP contribution in [-0.4, -0.2) is 31.1 Å². The number of hydrogen-bond donors (Lipinski definition) is 0. The molecular weight excluding hydrogens is 258 g/mol. The third-order valence-corrected chi connectivity index (χ3v) is 3.70. The van der Waals surface area contributed by atoms with Gasteiger partial charge in [0.2, 0.25) is 0 Å². The molecule has 106 valence electrons. The van der Waals surface area contributed by atoms with Crippen molar-refractivity contribution < 1.29 is 19.1 Å². The van der Waals surface area contributed by atoms with Crippen LogP contribution in [0.1, 0.15) is 25.7 Å². The van der Waals surface area contributed by atoms with E-state index in [9.17, 15) is 9.59 Å². The number of anilines is 1. The topological polar surface area (TPSA) is 55.8 Å². The van der Waals surface area contributed by atoms with Crippen molar-refractivity contribution in [3.05, 3.63) is 24.3 Å². The highest BCUT2D eigenvalue weighted by atomic mass is 16.5. The summed E-state index contributed by atoms with van der Waals surface area (Å²) in [7, 11) is 0. The van der Waals surface area contributed by atoms with E-state index in [4.69, 9.17) is 9.47 Å². The first-order chi connectivity index (χ1) is 9.74. The molecule has 0 unspecified atom stereocenters. The summed E-state index contributed by atoms with van der Waals surface area (Å²) in [5.41, 5.74) is 0.632. The summed E-state index contributed by atoms with van der Waals surface area (Å²) in [6.07, 6.45) is 4.10. The summed E-state index contributed by atoms with van der Waals surface area (Å²) in [4.78, 5) is 25.3. The van der Waals surface area contributed by atoms with E-state index in [1.54, 1.807) is 12.1 Å². The van der Waals surface area contributed by atoms with Crippen LogP contribution < -0.4 is 9.64 Å². The first kappa shape index (κ1) is 13.0. The van der Waals surface area contributed by atoms with Crippen LogP contribution >= 0.6 is 0 Å². The van der Waals surface area contributed by atoms with Gasteiger partial charge in [-0.2, -0.15) is 0 Å². The minimum Gasteiger partial charge on any atom is -0.482 e. The third-order valence-electron chi connectivity index (χ3n) is 3.70. The quantitative estimate of drug-likeness (QED) is 0.791. The Hall–Kier alpha value is -2.04. The average Bonchev–Trinajstić information content (AvgIpc) is 2.95. The van der Waals surface area contributed by atoms with Gasteiger partial charge in [-0.15, -0.1) is 0 Å². The lowest BCUT2D eigenvalue weighted by Crippen LogP contribution is -2.42. The van der Waals surface area contributed by atoms with Crippen LogP contribution in [0.15, 0.2) is 24.3 Å². The lowest BCUT2D eigenvalue weighted by Gasteiger charge is -2.28. The Morgan fingerprint density at radius 2 is 2.05 bits per heavy atom. The number of carbonyl (C=O) groups excluding carboxylic acids is 2. The van der Waals surface area contributed by atoms with Crippen LogP contribution in [0.2, 0.25) is 0 Å². The van der Waals surface area contributed by atoms with E-state index in [0.717, 1.165) is 25.7 Å². The first-order valence-electron chi connectivity index (χ1n) is 6.96. The van der Waals surface area contributed by atoms with E-state index >= 15 is 0 Å². The van der Waals surface area contributed by atoms with Gasteiger partial charge in [0.05, 0.1) is 5.69 Å². The molecule has 1 fully saturated rings. The standard InChI is InChI=1S/C15H17NO4/c17-14-10-19-13-8-4-3-7-12(13)16(14)9-15(18)20-11-5-1-2-6-11/h3-4,7-8,11H,1-2,5-6,9-10H2. The van der Waals surface area contributed by atoms with Crippen LogP contribution in [0.25, 0.3) is 0 Å². The molecule has 2 aliphatic rings.